The van der Waals surface area contributed by atoms with Crippen molar-refractivity contribution in [3.63, 3.8) is 0 Å². The number of ether oxygens (including phenoxy) is 2. The molecule has 3 aromatic rings. The number of amides is 1. The zero-order valence-corrected chi connectivity index (χ0v) is 18.7. The maximum Gasteiger partial charge on any atom is 0.264 e. The van der Waals surface area contributed by atoms with E-state index in [1.54, 1.807) is 25.4 Å². The van der Waals surface area contributed by atoms with Crippen LogP contribution in [-0.4, -0.2) is 36.4 Å². The molecule has 158 valence electrons. The van der Waals surface area contributed by atoms with Crippen LogP contribution >= 0.6 is 35.0 Å². The van der Waals surface area contributed by atoms with Gasteiger partial charge in [-0.3, -0.25) is 9.78 Å². The first-order valence-electron chi connectivity index (χ1n) is 9.28. The fourth-order valence-corrected chi connectivity index (χ4v) is 4.19. The zero-order chi connectivity index (χ0) is 21.8. The zero-order valence-electron chi connectivity index (χ0n) is 16.4. The average Bonchev–Trinajstić information content (AvgIpc) is 3.10. The third kappa shape index (κ3) is 5.19. The van der Waals surface area contributed by atoms with Gasteiger partial charge in [-0.15, -0.1) is 0 Å². The van der Waals surface area contributed by atoms with Crippen molar-refractivity contribution in [2.45, 2.75) is 0 Å². The summed E-state index contributed by atoms with van der Waals surface area (Å²) in [4.78, 5) is 21.8. The Labute approximate surface area is 193 Å². The summed E-state index contributed by atoms with van der Waals surface area (Å²) in [7, 11) is 1.59. The fourth-order valence-electron chi connectivity index (χ4n) is 2.87. The number of methoxy groups -OCH3 is 1. The summed E-state index contributed by atoms with van der Waals surface area (Å²) in [5.41, 5.74) is 2.24. The molecule has 1 aromatic heterocycles. The number of aromatic nitrogens is 1. The molecule has 2 aromatic carbocycles. The molecule has 0 bridgehead atoms. The number of nitrogens with zero attached hydrogens (tertiary/aromatic N) is 2. The van der Waals surface area contributed by atoms with Gasteiger partial charge in [-0.1, -0.05) is 35.3 Å². The van der Waals surface area contributed by atoms with Crippen molar-refractivity contribution in [3.8, 4) is 5.75 Å². The maximum absolute atomic E-state index is 12.4. The fraction of sp³-hybridized carbons (Fsp3) is 0.136. The summed E-state index contributed by atoms with van der Waals surface area (Å²) < 4.78 is 10.6. The largest absolute Gasteiger partial charge is 0.490 e. The van der Waals surface area contributed by atoms with Crippen LogP contribution in [-0.2, 0) is 9.53 Å². The summed E-state index contributed by atoms with van der Waals surface area (Å²) in [5.74, 6) is 0.217. The highest BCUT2D eigenvalue weighted by molar-refractivity contribution is 8.18. The Morgan fingerprint density at radius 2 is 2.03 bits per heavy atom. The van der Waals surface area contributed by atoms with E-state index in [1.807, 2.05) is 36.4 Å². The number of halogens is 2. The van der Waals surface area contributed by atoms with Crippen molar-refractivity contribution in [2.24, 2.45) is 4.99 Å². The van der Waals surface area contributed by atoms with E-state index in [2.05, 4.69) is 15.3 Å². The minimum atomic E-state index is -0.225. The molecule has 0 unspecified atom stereocenters. The summed E-state index contributed by atoms with van der Waals surface area (Å²) in [6.45, 7) is 0.765. The van der Waals surface area contributed by atoms with E-state index in [4.69, 9.17) is 32.7 Å². The molecule has 1 aliphatic heterocycles. The molecule has 4 rings (SSSR count). The number of amidine groups is 1. The monoisotopic (exact) mass is 473 g/mol. The first-order valence-corrected chi connectivity index (χ1v) is 10.9. The Bertz CT molecular complexity index is 1210. The molecule has 2 heterocycles. The minimum Gasteiger partial charge on any atom is -0.490 e. The molecule has 0 atom stereocenters. The highest BCUT2D eigenvalue weighted by Crippen LogP contribution is 2.37. The molecule has 1 amide bonds. The van der Waals surface area contributed by atoms with E-state index < -0.39 is 0 Å². The van der Waals surface area contributed by atoms with Crippen LogP contribution in [0.15, 0.2) is 58.6 Å². The predicted molar refractivity (Wildman–Crippen MR) is 126 cm³/mol. The van der Waals surface area contributed by atoms with Crippen LogP contribution in [0.5, 0.6) is 5.75 Å². The second kappa shape index (κ2) is 9.70. The van der Waals surface area contributed by atoms with Crippen LogP contribution in [0.25, 0.3) is 17.0 Å². The van der Waals surface area contributed by atoms with Crippen LogP contribution in [0.2, 0.25) is 10.0 Å². The van der Waals surface area contributed by atoms with Gasteiger partial charge in [0, 0.05) is 24.8 Å². The Morgan fingerprint density at radius 1 is 1.16 bits per heavy atom. The van der Waals surface area contributed by atoms with Crippen LogP contribution in [0, 0.1) is 0 Å². The first kappa shape index (κ1) is 21.6. The van der Waals surface area contributed by atoms with E-state index >= 15 is 0 Å². The molecule has 0 saturated carbocycles. The number of pyridine rings is 1. The molecular formula is C22H17Cl2N3O3S. The number of thioether (sulfide) groups is 1. The van der Waals surface area contributed by atoms with Gasteiger partial charge in [0.05, 0.1) is 32.8 Å². The predicted octanol–water partition coefficient (Wildman–Crippen LogP) is 5.46. The number of aliphatic imine (C=N–C) groups is 1. The Morgan fingerprint density at radius 3 is 2.87 bits per heavy atom. The lowest BCUT2D eigenvalue weighted by Gasteiger charge is -2.09. The number of hydrogen-bond donors (Lipinski definition) is 1. The number of fused-ring (bicyclic) bond motifs is 1. The number of carbonyl (C=O) groups excluding carboxylic acids is 1. The van der Waals surface area contributed by atoms with Gasteiger partial charge in [0.2, 0.25) is 0 Å². The molecule has 0 radical (unpaired) electrons. The van der Waals surface area contributed by atoms with E-state index in [0.29, 0.717) is 44.8 Å². The number of nitrogens with one attached hydrogen (secondary N) is 1. The molecule has 31 heavy (non-hydrogen) atoms. The quantitative estimate of drug-likeness (QED) is 0.380. The normalized spacial score (nSPS) is 16.3. The van der Waals surface area contributed by atoms with Crippen molar-refractivity contribution < 1.29 is 14.3 Å². The van der Waals surface area contributed by atoms with Gasteiger partial charge in [-0.2, -0.15) is 0 Å². The summed E-state index contributed by atoms with van der Waals surface area (Å²) in [5, 5.41) is 4.92. The third-order valence-corrected chi connectivity index (χ3v) is 5.85. The van der Waals surface area contributed by atoms with Crippen LogP contribution in [0.1, 0.15) is 5.56 Å². The van der Waals surface area contributed by atoms with Gasteiger partial charge in [-0.05, 0) is 47.7 Å². The van der Waals surface area contributed by atoms with Crippen molar-refractivity contribution in [2.75, 3.05) is 20.3 Å². The Balaban J connectivity index is 1.57. The molecular weight excluding hydrogens is 457 g/mol. The minimum absolute atomic E-state index is 0.225. The molecule has 6 nitrogen and oxygen atoms in total. The van der Waals surface area contributed by atoms with Crippen LogP contribution in [0.4, 0.5) is 5.69 Å². The first-order chi connectivity index (χ1) is 15.0. The lowest BCUT2D eigenvalue weighted by molar-refractivity contribution is -0.115. The van der Waals surface area contributed by atoms with Crippen molar-refractivity contribution >= 4 is 68.7 Å². The third-order valence-electron chi connectivity index (χ3n) is 4.34. The average molecular weight is 474 g/mol. The van der Waals surface area contributed by atoms with Crippen molar-refractivity contribution in [1.29, 1.82) is 0 Å². The van der Waals surface area contributed by atoms with Gasteiger partial charge in [0.25, 0.3) is 5.91 Å². The lowest BCUT2D eigenvalue weighted by Crippen LogP contribution is -2.19. The SMILES string of the molecule is COCCOc1cc(N=C2NC(=O)C(=Cc3ccc4ncccc4c3)S2)c(Cl)cc1Cl. The van der Waals surface area contributed by atoms with Gasteiger partial charge < -0.3 is 14.8 Å². The summed E-state index contributed by atoms with van der Waals surface area (Å²) in [6, 6.07) is 12.9. The number of hydrogen-bond acceptors (Lipinski definition) is 6. The molecule has 0 aliphatic carbocycles. The maximum atomic E-state index is 12.4. The van der Waals surface area contributed by atoms with Gasteiger partial charge in [-0.25, -0.2) is 4.99 Å². The standard InChI is InChI=1S/C22H17Cl2N3O3S/c1-29-7-8-30-19-12-18(15(23)11-16(19)24)26-22-27-21(28)20(31-22)10-13-4-5-17-14(9-13)3-2-6-25-17/h2-6,9-12H,7-8H2,1H3,(H,26,27,28). The van der Waals surface area contributed by atoms with E-state index in [0.717, 1.165) is 16.5 Å². The number of benzene rings is 2. The molecule has 1 saturated heterocycles. The van der Waals surface area contributed by atoms with E-state index in [1.165, 1.54) is 11.8 Å². The smallest absolute Gasteiger partial charge is 0.264 e. The van der Waals surface area contributed by atoms with Crippen LogP contribution in [0.3, 0.4) is 0 Å². The Kier molecular flexibility index (Phi) is 6.77. The summed E-state index contributed by atoms with van der Waals surface area (Å²) >= 11 is 13.7. The van der Waals surface area contributed by atoms with Gasteiger partial charge >= 0.3 is 0 Å². The molecule has 0 spiro atoms. The molecule has 1 fully saturated rings. The number of rotatable bonds is 6. The lowest BCUT2D eigenvalue weighted by atomic mass is 10.1. The second-order valence-corrected chi connectivity index (χ2v) is 8.36. The Hall–Kier alpha value is -2.58. The number of carbonyl (C=O) groups is 1. The van der Waals surface area contributed by atoms with Gasteiger partial charge in [0.1, 0.15) is 12.4 Å². The van der Waals surface area contributed by atoms with E-state index in [-0.39, 0.29) is 5.91 Å². The second-order valence-electron chi connectivity index (χ2n) is 6.51. The highest BCUT2D eigenvalue weighted by atomic mass is 35.5. The topological polar surface area (TPSA) is 72.8 Å². The molecule has 1 N–H and O–H groups in total. The molecule has 1 aliphatic rings. The van der Waals surface area contributed by atoms with Crippen LogP contribution < -0.4 is 10.1 Å². The molecule has 9 heteroatoms. The summed E-state index contributed by atoms with van der Waals surface area (Å²) in [6.07, 6.45) is 3.57. The van der Waals surface area contributed by atoms with Gasteiger partial charge in [0.15, 0.2) is 5.17 Å². The van der Waals surface area contributed by atoms with Crippen molar-refractivity contribution in [1.82, 2.24) is 10.3 Å². The highest BCUT2D eigenvalue weighted by Gasteiger charge is 2.24. The van der Waals surface area contributed by atoms with Crippen molar-refractivity contribution in [3.05, 3.63) is 69.2 Å². The van der Waals surface area contributed by atoms with E-state index in [9.17, 15) is 4.79 Å².